The highest BCUT2D eigenvalue weighted by molar-refractivity contribution is 6.30. The summed E-state index contributed by atoms with van der Waals surface area (Å²) in [5.74, 6) is 2.37. The molecule has 1 aliphatic heterocycles. The number of nitrogens with zero attached hydrogens (tertiary/aromatic N) is 1. The Balaban J connectivity index is 2.17. The number of likely N-dealkylation sites (tertiary alicyclic amines) is 1. The SMILES string of the molecule is C#CCC(N)C(=O)N1CCCC1c1cccc(Cl)c1. The first kappa shape index (κ1) is 13.9. The first-order valence-corrected chi connectivity index (χ1v) is 6.76. The number of rotatable bonds is 3. The van der Waals surface area contributed by atoms with Crippen LogP contribution in [0.2, 0.25) is 5.02 Å². The number of terminal acetylenes is 1. The van der Waals surface area contributed by atoms with Crippen molar-refractivity contribution in [2.24, 2.45) is 5.73 Å². The van der Waals surface area contributed by atoms with Gasteiger partial charge in [-0.3, -0.25) is 4.79 Å². The second kappa shape index (κ2) is 6.10. The summed E-state index contributed by atoms with van der Waals surface area (Å²) in [5, 5.41) is 0.685. The molecule has 3 nitrogen and oxygen atoms in total. The minimum atomic E-state index is -0.607. The monoisotopic (exact) mass is 276 g/mol. The molecule has 2 atom stereocenters. The van der Waals surface area contributed by atoms with E-state index in [1.807, 2.05) is 29.2 Å². The third-order valence-corrected chi connectivity index (χ3v) is 3.66. The summed E-state index contributed by atoms with van der Waals surface area (Å²) in [5.41, 5.74) is 6.88. The van der Waals surface area contributed by atoms with Gasteiger partial charge in [0, 0.05) is 18.0 Å². The fraction of sp³-hybridized carbons (Fsp3) is 0.400. The lowest BCUT2D eigenvalue weighted by Crippen LogP contribution is -2.43. The van der Waals surface area contributed by atoms with Crippen molar-refractivity contribution in [2.75, 3.05) is 6.54 Å². The van der Waals surface area contributed by atoms with E-state index in [0.29, 0.717) is 5.02 Å². The Labute approximate surface area is 118 Å². The molecule has 0 saturated carbocycles. The third kappa shape index (κ3) is 3.09. The number of hydrogen-bond donors (Lipinski definition) is 1. The zero-order chi connectivity index (χ0) is 13.8. The van der Waals surface area contributed by atoms with Crippen LogP contribution in [0.1, 0.15) is 30.9 Å². The molecular formula is C15H17ClN2O. The van der Waals surface area contributed by atoms with Crippen LogP contribution in [0.4, 0.5) is 0 Å². The molecular weight excluding hydrogens is 260 g/mol. The molecule has 2 N–H and O–H groups in total. The average Bonchev–Trinajstić information content (AvgIpc) is 2.87. The summed E-state index contributed by atoms with van der Waals surface area (Å²) in [7, 11) is 0. The van der Waals surface area contributed by atoms with Gasteiger partial charge in [0.25, 0.3) is 0 Å². The maximum atomic E-state index is 12.3. The first-order chi connectivity index (χ1) is 9.13. The molecule has 1 heterocycles. The van der Waals surface area contributed by atoms with Gasteiger partial charge in [-0.1, -0.05) is 23.7 Å². The van der Waals surface area contributed by atoms with Crippen LogP contribution in [-0.4, -0.2) is 23.4 Å². The predicted octanol–water partition coefficient (Wildman–Crippen LogP) is 2.35. The summed E-state index contributed by atoms with van der Waals surface area (Å²) < 4.78 is 0. The number of benzene rings is 1. The van der Waals surface area contributed by atoms with E-state index in [2.05, 4.69) is 5.92 Å². The Morgan fingerprint density at radius 3 is 3.11 bits per heavy atom. The summed E-state index contributed by atoms with van der Waals surface area (Å²) in [6.45, 7) is 0.730. The summed E-state index contributed by atoms with van der Waals surface area (Å²) in [6.07, 6.45) is 7.41. The number of halogens is 1. The summed E-state index contributed by atoms with van der Waals surface area (Å²) in [4.78, 5) is 14.1. The number of carbonyl (C=O) groups is 1. The molecule has 1 aromatic carbocycles. The van der Waals surface area contributed by atoms with E-state index in [1.54, 1.807) is 0 Å². The van der Waals surface area contributed by atoms with E-state index in [9.17, 15) is 4.79 Å². The van der Waals surface area contributed by atoms with Crippen molar-refractivity contribution >= 4 is 17.5 Å². The van der Waals surface area contributed by atoms with E-state index in [4.69, 9.17) is 23.8 Å². The second-order valence-electron chi connectivity index (χ2n) is 4.76. The lowest BCUT2D eigenvalue weighted by Gasteiger charge is -2.27. The topological polar surface area (TPSA) is 46.3 Å². The van der Waals surface area contributed by atoms with Gasteiger partial charge in [0.15, 0.2) is 0 Å². The zero-order valence-corrected chi connectivity index (χ0v) is 11.4. The maximum Gasteiger partial charge on any atom is 0.240 e. The van der Waals surface area contributed by atoms with Crippen LogP contribution in [0, 0.1) is 12.3 Å². The molecule has 0 bridgehead atoms. The fourth-order valence-electron chi connectivity index (χ4n) is 2.52. The van der Waals surface area contributed by atoms with Gasteiger partial charge in [0.05, 0.1) is 12.1 Å². The van der Waals surface area contributed by atoms with Crippen molar-refractivity contribution in [3.05, 3.63) is 34.9 Å². The molecule has 1 aromatic rings. The number of nitrogens with two attached hydrogens (primary N) is 1. The van der Waals surface area contributed by atoms with Crippen LogP contribution in [0.15, 0.2) is 24.3 Å². The molecule has 19 heavy (non-hydrogen) atoms. The predicted molar refractivity (Wildman–Crippen MR) is 76.6 cm³/mol. The Bertz CT molecular complexity index is 509. The highest BCUT2D eigenvalue weighted by Gasteiger charge is 2.32. The molecule has 2 unspecified atom stereocenters. The van der Waals surface area contributed by atoms with E-state index >= 15 is 0 Å². The van der Waals surface area contributed by atoms with Gasteiger partial charge in [0.1, 0.15) is 0 Å². The highest BCUT2D eigenvalue weighted by Crippen LogP contribution is 2.33. The molecule has 0 spiro atoms. The largest absolute Gasteiger partial charge is 0.334 e. The number of carbonyl (C=O) groups excluding carboxylic acids is 1. The second-order valence-corrected chi connectivity index (χ2v) is 5.20. The van der Waals surface area contributed by atoms with Gasteiger partial charge in [-0.25, -0.2) is 0 Å². The summed E-state index contributed by atoms with van der Waals surface area (Å²) >= 11 is 6.01. The van der Waals surface area contributed by atoms with E-state index in [1.165, 1.54) is 0 Å². The maximum absolute atomic E-state index is 12.3. The standard InChI is InChI=1S/C15H17ClN2O/c1-2-5-13(17)15(19)18-9-4-8-14(18)11-6-3-7-12(16)10-11/h1,3,6-7,10,13-14H,4-5,8-9,17H2. The van der Waals surface area contributed by atoms with E-state index < -0.39 is 6.04 Å². The van der Waals surface area contributed by atoms with Crippen molar-refractivity contribution in [3.63, 3.8) is 0 Å². The van der Waals surface area contributed by atoms with E-state index in [-0.39, 0.29) is 18.4 Å². The first-order valence-electron chi connectivity index (χ1n) is 6.38. The Kier molecular flexibility index (Phi) is 4.47. The molecule has 100 valence electrons. The molecule has 4 heteroatoms. The lowest BCUT2D eigenvalue weighted by molar-refractivity contribution is -0.133. The Morgan fingerprint density at radius 1 is 1.63 bits per heavy atom. The number of amides is 1. The summed E-state index contributed by atoms with van der Waals surface area (Å²) in [6, 6.07) is 7.09. The molecule has 2 rings (SSSR count). The van der Waals surface area contributed by atoms with Gasteiger partial charge in [-0.05, 0) is 30.5 Å². The van der Waals surface area contributed by atoms with Crippen molar-refractivity contribution in [3.8, 4) is 12.3 Å². The van der Waals surface area contributed by atoms with Crippen LogP contribution in [0.5, 0.6) is 0 Å². The zero-order valence-electron chi connectivity index (χ0n) is 10.7. The molecule has 1 amide bonds. The lowest BCUT2D eigenvalue weighted by atomic mass is 10.0. The van der Waals surface area contributed by atoms with Gasteiger partial charge in [0.2, 0.25) is 5.91 Å². The van der Waals surface area contributed by atoms with Crippen molar-refractivity contribution < 1.29 is 4.79 Å². The number of hydrogen-bond acceptors (Lipinski definition) is 2. The van der Waals surface area contributed by atoms with Crippen LogP contribution < -0.4 is 5.73 Å². The molecule has 0 aromatic heterocycles. The van der Waals surface area contributed by atoms with Gasteiger partial charge < -0.3 is 10.6 Å². The van der Waals surface area contributed by atoms with E-state index in [0.717, 1.165) is 24.9 Å². The van der Waals surface area contributed by atoms with Crippen LogP contribution >= 0.6 is 11.6 Å². The third-order valence-electron chi connectivity index (χ3n) is 3.42. The molecule has 1 aliphatic rings. The van der Waals surface area contributed by atoms with Gasteiger partial charge >= 0.3 is 0 Å². The minimum Gasteiger partial charge on any atom is -0.334 e. The molecule has 0 aliphatic carbocycles. The minimum absolute atomic E-state index is 0.0648. The van der Waals surface area contributed by atoms with Crippen molar-refractivity contribution in [1.29, 1.82) is 0 Å². The van der Waals surface area contributed by atoms with Gasteiger partial charge in [-0.15, -0.1) is 12.3 Å². The highest BCUT2D eigenvalue weighted by atomic mass is 35.5. The van der Waals surface area contributed by atoms with Crippen LogP contribution in [-0.2, 0) is 4.79 Å². The van der Waals surface area contributed by atoms with Crippen molar-refractivity contribution in [2.45, 2.75) is 31.3 Å². The molecule has 1 fully saturated rings. The molecule has 1 saturated heterocycles. The van der Waals surface area contributed by atoms with Crippen LogP contribution in [0.25, 0.3) is 0 Å². The smallest absolute Gasteiger partial charge is 0.240 e. The Hall–Kier alpha value is -1.50. The molecule has 0 radical (unpaired) electrons. The fourth-order valence-corrected chi connectivity index (χ4v) is 2.72. The normalized spacial score (nSPS) is 20.1. The average molecular weight is 277 g/mol. The van der Waals surface area contributed by atoms with Crippen LogP contribution in [0.3, 0.4) is 0 Å². The Morgan fingerprint density at radius 2 is 2.42 bits per heavy atom. The van der Waals surface area contributed by atoms with Crippen molar-refractivity contribution in [1.82, 2.24) is 4.90 Å². The quantitative estimate of drug-likeness (QED) is 0.862. The van der Waals surface area contributed by atoms with Gasteiger partial charge in [-0.2, -0.15) is 0 Å².